The Morgan fingerprint density at radius 2 is 2.19 bits per heavy atom. The molecule has 3 aromatic heterocycles. The number of pyridine rings is 1. The van der Waals surface area contributed by atoms with Gasteiger partial charge in [0.25, 0.3) is 5.91 Å². The molecule has 0 aliphatic carbocycles. The van der Waals surface area contributed by atoms with E-state index >= 15 is 0 Å². The Balaban J connectivity index is 1.47. The summed E-state index contributed by atoms with van der Waals surface area (Å²) in [6.45, 7) is 4.92. The van der Waals surface area contributed by atoms with Crippen LogP contribution in [0.4, 0.5) is 0 Å². The summed E-state index contributed by atoms with van der Waals surface area (Å²) in [6.07, 6.45) is 5.21. The van der Waals surface area contributed by atoms with Gasteiger partial charge in [-0.25, -0.2) is 4.98 Å². The van der Waals surface area contributed by atoms with Gasteiger partial charge in [0, 0.05) is 20.3 Å². The van der Waals surface area contributed by atoms with Crippen LogP contribution in [0.5, 0.6) is 0 Å². The minimum Gasteiger partial charge on any atom is -0.348 e. The fourth-order valence-electron chi connectivity index (χ4n) is 3.60. The van der Waals surface area contributed by atoms with Crippen LogP contribution < -0.4 is 5.32 Å². The van der Waals surface area contributed by atoms with Crippen molar-refractivity contribution in [1.29, 1.82) is 0 Å². The van der Waals surface area contributed by atoms with Crippen LogP contribution in [0.1, 0.15) is 29.8 Å². The Kier molecular flexibility index (Phi) is 4.66. The standard InChI is InChI=1S/C19H24N4OSSi/c1-26(2)10-5-6-13(8-11-26)21-18(24)15-12-16-17(22-15)23-19(25-16)14-7-3-4-9-20-14/h3-4,7,9,12-13,22H,5-6,8,10-11H2,1-2H3,(H,21,24). The highest BCUT2D eigenvalue weighted by Crippen LogP contribution is 2.30. The van der Waals surface area contributed by atoms with E-state index in [1.165, 1.54) is 18.5 Å². The zero-order valence-corrected chi connectivity index (χ0v) is 17.0. The van der Waals surface area contributed by atoms with Gasteiger partial charge in [-0.05, 0) is 31.0 Å². The van der Waals surface area contributed by atoms with Crippen LogP contribution in [0.25, 0.3) is 21.0 Å². The van der Waals surface area contributed by atoms with Gasteiger partial charge in [-0.1, -0.05) is 37.7 Å². The number of nitrogens with zero attached hydrogens (tertiary/aromatic N) is 2. The first-order valence-electron chi connectivity index (χ1n) is 9.22. The van der Waals surface area contributed by atoms with Gasteiger partial charge in [-0.3, -0.25) is 9.78 Å². The monoisotopic (exact) mass is 384 g/mol. The maximum absolute atomic E-state index is 12.6. The summed E-state index contributed by atoms with van der Waals surface area (Å²) in [7, 11) is -1.04. The van der Waals surface area contributed by atoms with Crippen molar-refractivity contribution >= 4 is 35.7 Å². The molecule has 1 unspecified atom stereocenters. The lowest BCUT2D eigenvalue weighted by molar-refractivity contribution is 0.0930. The third kappa shape index (κ3) is 3.73. The number of carbonyl (C=O) groups is 1. The Bertz CT molecular complexity index is 887. The van der Waals surface area contributed by atoms with E-state index in [1.807, 2.05) is 24.3 Å². The number of fused-ring (bicyclic) bond motifs is 1. The quantitative estimate of drug-likeness (QED) is 0.644. The molecular weight excluding hydrogens is 360 g/mol. The van der Waals surface area contributed by atoms with Crippen molar-refractivity contribution < 1.29 is 4.79 Å². The second-order valence-electron chi connectivity index (χ2n) is 7.90. The minimum absolute atomic E-state index is 0.0130. The molecule has 0 aromatic carbocycles. The summed E-state index contributed by atoms with van der Waals surface area (Å²) < 4.78 is 0.991. The first-order valence-corrected chi connectivity index (χ1v) is 13.5. The van der Waals surface area contributed by atoms with Gasteiger partial charge in [0.2, 0.25) is 0 Å². The number of hydrogen-bond donors (Lipinski definition) is 2. The highest BCUT2D eigenvalue weighted by atomic mass is 32.1. The number of nitrogens with one attached hydrogen (secondary N) is 2. The van der Waals surface area contributed by atoms with Crippen molar-refractivity contribution in [3.63, 3.8) is 0 Å². The molecule has 1 fully saturated rings. The molecule has 0 saturated carbocycles. The minimum atomic E-state index is -1.04. The maximum Gasteiger partial charge on any atom is 0.268 e. The summed E-state index contributed by atoms with van der Waals surface area (Å²) >= 11 is 1.56. The van der Waals surface area contributed by atoms with Gasteiger partial charge in [-0.15, -0.1) is 11.3 Å². The molecule has 1 aliphatic rings. The number of amides is 1. The van der Waals surface area contributed by atoms with Crippen molar-refractivity contribution in [3.8, 4) is 10.7 Å². The Labute approximate surface area is 158 Å². The first kappa shape index (κ1) is 17.4. The molecule has 7 heteroatoms. The topological polar surface area (TPSA) is 70.7 Å². The van der Waals surface area contributed by atoms with E-state index in [9.17, 15) is 4.79 Å². The third-order valence-electron chi connectivity index (χ3n) is 5.22. The highest BCUT2D eigenvalue weighted by Gasteiger charge is 2.27. The second kappa shape index (κ2) is 6.96. The summed E-state index contributed by atoms with van der Waals surface area (Å²) in [5.41, 5.74) is 2.22. The van der Waals surface area contributed by atoms with E-state index in [1.54, 1.807) is 17.5 Å². The zero-order valence-electron chi connectivity index (χ0n) is 15.2. The third-order valence-corrected chi connectivity index (χ3v) is 9.60. The molecule has 1 saturated heterocycles. The SMILES string of the molecule is C[Si]1(C)CCCC(NC(=O)c2cc3sc(-c4ccccn4)nc3[nH]2)CC1. The maximum atomic E-state index is 12.6. The fraction of sp³-hybridized carbons (Fsp3) is 0.421. The number of aromatic nitrogens is 3. The number of thiazole rings is 1. The Morgan fingerprint density at radius 1 is 1.31 bits per heavy atom. The average molecular weight is 385 g/mol. The van der Waals surface area contributed by atoms with Crippen LogP contribution >= 0.6 is 11.3 Å². The van der Waals surface area contributed by atoms with E-state index in [0.717, 1.165) is 33.9 Å². The van der Waals surface area contributed by atoms with Crippen LogP contribution in [0.15, 0.2) is 30.5 Å². The van der Waals surface area contributed by atoms with Gasteiger partial charge in [0.1, 0.15) is 16.3 Å². The molecule has 4 rings (SSSR count). The van der Waals surface area contributed by atoms with E-state index in [4.69, 9.17) is 0 Å². The molecule has 4 heterocycles. The molecular formula is C19H24N4OSSi. The zero-order chi connectivity index (χ0) is 18.1. The summed E-state index contributed by atoms with van der Waals surface area (Å²) in [4.78, 5) is 24.7. The molecule has 3 aromatic rings. The average Bonchev–Trinajstić information content (AvgIpc) is 3.14. The van der Waals surface area contributed by atoms with Crippen LogP contribution in [-0.2, 0) is 0 Å². The van der Waals surface area contributed by atoms with E-state index < -0.39 is 8.07 Å². The number of hydrogen-bond acceptors (Lipinski definition) is 4. The smallest absolute Gasteiger partial charge is 0.268 e. The molecule has 1 amide bonds. The molecule has 2 N–H and O–H groups in total. The van der Waals surface area contributed by atoms with Crippen LogP contribution in [0.2, 0.25) is 25.2 Å². The molecule has 136 valence electrons. The van der Waals surface area contributed by atoms with Crippen molar-refractivity contribution in [1.82, 2.24) is 20.3 Å². The van der Waals surface area contributed by atoms with Gasteiger partial charge in [-0.2, -0.15) is 0 Å². The van der Waals surface area contributed by atoms with Gasteiger partial charge in [0.05, 0.1) is 10.4 Å². The lowest BCUT2D eigenvalue weighted by Crippen LogP contribution is -2.35. The van der Waals surface area contributed by atoms with Crippen LogP contribution in [-0.4, -0.2) is 35.0 Å². The van der Waals surface area contributed by atoms with Crippen molar-refractivity contribution in [2.24, 2.45) is 0 Å². The second-order valence-corrected chi connectivity index (χ2v) is 14.3. The predicted molar refractivity (Wildman–Crippen MR) is 109 cm³/mol. The molecule has 5 nitrogen and oxygen atoms in total. The first-order chi connectivity index (χ1) is 12.5. The normalized spacial score (nSPS) is 20.0. The molecule has 0 radical (unpaired) electrons. The van der Waals surface area contributed by atoms with Crippen molar-refractivity contribution in [3.05, 3.63) is 36.2 Å². The largest absolute Gasteiger partial charge is 0.348 e. The Hall–Kier alpha value is -1.99. The Morgan fingerprint density at radius 3 is 2.96 bits per heavy atom. The van der Waals surface area contributed by atoms with Gasteiger partial charge >= 0.3 is 0 Å². The number of aromatic amines is 1. The van der Waals surface area contributed by atoms with Crippen LogP contribution in [0, 0.1) is 0 Å². The molecule has 1 aliphatic heterocycles. The van der Waals surface area contributed by atoms with E-state index in [-0.39, 0.29) is 5.91 Å². The van der Waals surface area contributed by atoms with Crippen LogP contribution in [0.3, 0.4) is 0 Å². The van der Waals surface area contributed by atoms with Gasteiger partial charge < -0.3 is 10.3 Å². The molecule has 0 spiro atoms. The fourth-order valence-corrected chi connectivity index (χ4v) is 7.09. The lowest BCUT2D eigenvalue weighted by atomic mass is 10.1. The van der Waals surface area contributed by atoms with Crippen molar-refractivity contribution in [2.45, 2.75) is 50.5 Å². The number of rotatable bonds is 3. The summed E-state index contributed by atoms with van der Waals surface area (Å²) in [5.74, 6) is -0.0130. The molecule has 1 atom stereocenters. The summed E-state index contributed by atoms with van der Waals surface area (Å²) in [5, 5.41) is 4.10. The number of carbonyl (C=O) groups excluding carboxylic acids is 1. The van der Waals surface area contributed by atoms with E-state index in [0.29, 0.717) is 11.7 Å². The number of H-pyrrole nitrogens is 1. The van der Waals surface area contributed by atoms with Gasteiger partial charge in [0.15, 0.2) is 0 Å². The molecule has 0 bridgehead atoms. The highest BCUT2D eigenvalue weighted by molar-refractivity contribution is 7.21. The molecule has 26 heavy (non-hydrogen) atoms. The van der Waals surface area contributed by atoms with E-state index in [2.05, 4.69) is 33.4 Å². The van der Waals surface area contributed by atoms with Crippen molar-refractivity contribution in [2.75, 3.05) is 0 Å². The summed E-state index contributed by atoms with van der Waals surface area (Å²) in [6, 6.07) is 10.7. The lowest BCUT2D eigenvalue weighted by Gasteiger charge is -2.19. The predicted octanol–water partition coefficient (Wildman–Crippen LogP) is 4.68.